The Labute approximate surface area is 125 Å². The molecule has 0 aliphatic carbocycles. The van der Waals surface area contributed by atoms with E-state index in [0.717, 1.165) is 0 Å². The number of aromatic carboxylic acids is 1. The first-order valence-electron chi connectivity index (χ1n) is 6.46. The number of carboxylic acid groups (broad SMARTS) is 1. The molecule has 1 aliphatic heterocycles. The molecular formula is C15H13ClFNO3. The lowest BCUT2D eigenvalue weighted by atomic mass is 9.87. The number of likely N-dealkylation sites (tertiary alicyclic amines) is 1. The summed E-state index contributed by atoms with van der Waals surface area (Å²) in [5.74, 6) is -0.317. The fourth-order valence-corrected chi connectivity index (χ4v) is 2.69. The zero-order valence-electron chi connectivity index (χ0n) is 11.1. The molecule has 0 spiro atoms. The van der Waals surface area contributed by atoms with Gasteiger partial charge in [-0.3, -0.25) is 4.90 Å². The number of halogens is 2. The number of hydrogen-bond acceptors (Lipinski definition) is 3. The van der Waals surface area contributed by atoms with Crippen LogP contribution in [0.3, 0.4) is 0 Å². The Morgan fingerprint density at radius 3 is 2.48 bits per heavy atom. The van der Waals surface area contributed by atoms with E-state index in [0.29, 0.717) is 23.1 Å². The molecule has 0 amide bonds. The van der Waals surface area contributed by atoms with Crippen LogP contribution in [0.2, 0.25) is 5.22 Å². The van der Waals surface area contributed by atoms with Gasteiger partial charge in [-0.25, -0.2) is 9.18 Å². The van der Waals surface area contributed by atoms with E-state index in [1.165, 1.54) is 24.3 Å². The Bertz CT molecular complexity index is 662. The molecule has 1 aliphatic rings. The third-order valence-corrected chi connectivity index (χ3v) is 3.81. The SMILES string of the molecule is O=C(O)c1ccc(C2(F)CN(Cc3ccc(Cl)o3)C2)cc1. The fourth-order valence-electron chi connectivity index (χ4n) is 2.53. The van der Waals surface area contributed by atoms with Crippen LogP contribution in [0, 0.1) is 0 Å². The highest BCUT2D eigenvalue weighted by molar-refractivity contribution is 6.28. The highest BCUT2D eigenvalue weighted by atomic mass is 35.5. The Balaban J connectivity index is 1.64. The van der Waals surface area contributed by atoms with Gasteiger partial charge in [-0.1, -0.05) is 12.1 Å². The summed E-state index contributed by atoms with van der Waals surface area (Å²) in [6.07, 6.45) is 0. The summed E-state index contributed by atoms with van der Waals surface area (Å²) >= 11 is 5.69. The molecule has 0 saturated carbocycles. The molecular weight excluding hydrogens is 297 g/mol. The van der Waals surface area contributed by atoms with Crippen molar-refractivity contribution in [3.8, 4) is 0 Å². The molecule has 1 saturated heterocycles. The molecule has 1 aromatic carbocycles. The van der Waals surface area contributed by atoms with Crippen molar-refractivity contribution in [3.05, 3.63) is 58.5 Å². The maximum absolute atomic E-state index is 14.7. The number of rotatable bonds is 4. The number of hydrogen-bond donors (Lipinski definition) is 1. The second kappa shape index (κ2) is 5.16. The van der Waals surface area contributed by atoms with E-state index in [2.05, 4.69) is 0 Å². The largest absolute Gasteiger partial charge is 0.478 e. The Morgan fingerprint density at radius 2 is 1.95 bits per heavy atom. The van der Waals surface area contributed by atoms with Crippen molar-refractivity contribution < 1.29 is 18.7 Å². The van der Waals surface area contributed by atoms with E-state index in [1.54, 1.807) is 12.1 Å². The average molecular weight is 310 g/mol. The lowest BCUT2D eigenvalue weighted by Crippen LogP contribution is -2.55. The number of alkyl halides is 1. The monoisotopic (exact) mass is 309 g/mol. The standard InChI is InChI=1S/C15H13ClFNO3/c16-13-6-5-12(21-13)7-18-8-15(17,9-18)11-3-1-10(2-4-11)14(19)20/h1-6H,7-9H2,(H,19,20). The molecule has 4 nitrogen and oxygen atoms in total. The molecule has 0 atom stereocenters. The summed E-state index contributed by atoms with van der Waals surface area (Å²) in [5.41, 5.74) is -0.780. The molecule has 21 heavy (non-hydrogen) atoms. The van der Waals surface area contributed by atoms with Gasteiger partial charge in [0.25, 0.3) is 0 Å². The number of furan rings is 1. The maximum atomic E-state index is 14.7. The van der Waals surface area contributed by atoms with Crippen molar-refractivity contribution in [2.24, 2.45) is 0 Å². The highest BCUT2D eigenvalue weighted by Crippen LogP contribution is 2.37. The van der Waals surface area contributed by atoms with Crippen LogP contribution in [-0.4, -0.2) is 29.1 Å². The van der Waals surface area contributed by atoms with Gasteiger partial charge < -0.3 is 9.52 Å². The zero-order valence-corrected chi connectivity index (χ0v) is 11.8. The van der Waals surface area contributed by atoms with Crippen molar-refractivity contribution in [1.82, 2.24) is 4.90 Å². The molecule has 6 heteroatoms. The van der Waals surface area contributed by atoms with Gasteiger partial charge in [-0.05, 0) is 41.4 Å². The van der Waals surface area contributed by atoms with Crippen LogP contribution in [-0.2, 0) is 12.2 Å². The van der Waals surface area contributed by atoms with Crippen LogP contribution in [0.15, 0.2) is 40.8 Å². The normalized spacial score (nSPS) is 17.4. The number of carbonyl (C=O) groups is 1. The van der Waals surface area contributed by atoms with Crippen LogP contribution < -0.4 is 0 Å². The van der Waals surface area contributed by atoms with Gasteiger partial charge in [0.05, 0.1) is 12.1 Å². The first-order valence-corrected chi connectivity index (χ1v) is 6.83. The van der Waals surface area contributed by atoms with Crippen molar-refractivity contribution in [2.45, 2.75) is 12.2 Å². The minimum absolute atomic E-state index is 0.156. The molecule has 2 aromatic rings. The van der Waals surface area contributed by atoms with Crippen molar-refractivity contribution in [3.63, 3.8) is 0 Å². The smallest absolute Gasteiger partial charge is 0.335 e. The van der Waals surface area contributed by atoms with E-state index in [1.807, 2.05) is 4.90 Å². The predicted octanol–water partition coefficient (Wildman–Crippen LogP) is 3.31. The third kappa shape index (κ3) is 2.80. The summed E-state index contributed by atoms with van der Waals surface area (Å²) in [6.45, 7) is 1.00. The summed E-state index contributed by atoms with van der Waals surface area (Å²) in [4.78, 5) is 12.7. The number of carboxylic acids is 1. The molecule has 110 valence electrons. The van der Waals surface area contributed by atoms with Gasteiger partial charge >= 0.3 is 5.97 Å². The lowest BCUT2D eigenvalue weighted by molar-refractivity contribution is -0.0447. The zero-order chi connectivity index (χ0) is 15.0. The van der Waals surface area contributed by atoms with Crippen LogP contribution >= 0.6 is 11.6 Å². The third-order valence-electron chi connectivity index (χ3n) is 3.61. The van der Waals surface area contributed by atoms with E-state index in [9.17, 15) is 9.18 Å². The van der Waals surface area contributed by atoms with E-state index in [-0.39, 0.29) is 18.7 Å². The minimum atomic E-state index is -1.44. The van der Waals surface area contributed by atoms with Gasteiger partial charge in [0, 0.05) is 13.1 Å². The van der Waals surface area contributed by atoms with Crippen molar-refractivity contribution in [1.29, 1.82) is 0 Å². The second-order valence-corrected chi connectivity index (χ2v) is 5.57. The van der Waals surface area contributed by atoms with Crippen LogP contribution in [0.25, 0.3) is 0 Å². The molecule has 2 heterocycles. The summed E-state index contributed by atoms with van der Waals surface area (Å²) in [5, 5.41) is 9.16. The molecule has 1 aromatic heterocycles. The van der Waals surface area contributed by atoms with Gasteiger partial charge in [0.1, 0.15) is 5.76 Å². The van der Waals surface area contributed by atoms with Gasteiger partial charge in [0.15, 0.2) is 10.9 Å². The molecule has 0 unspecified atom stereocenters. The minimum Gasteiger partial charge on any atom is -0.478 e. The summed E-state index contributed by atoms with van der Waals surface area (Å²) in [7, 11) is 0. The van der Waals surface area contributed by atoms with Crippen LogP contribution in [0.4, 0.5) is 4.39 Å². The first-order chi connectivity index (χ1) is 9.96. The van der Waals surface area contributed by atoms with Gasteiger partial charge in [0.2, 0.25) is 0 Å². The van der Waals surface area contributed by atoms with Crippen molar-refractivity contribution in [2.75, 3.05) is 13.1 Å². The molecule has 0 radical (unpaired) electrons. The topological polar surface area (TPSA) is 53.7 Å². The van der Waals surface area contributed by atoms with Crippen LogP contribution in [0.1, 0.15) is 21.7 Å². The number of nitrogens with zero attached hydrogens (tertiary/aromatic N) is 1. The summed E-state index contributed by atoms with van der Waals surface area (Å²) in [6, 6.07) is 9.34. The molecule has 1 N–H and O–H groups in total. The molecule has 3 rings (SSSR count). The van der Waals surface area contributed by atoms with E-state index in [4.69, 9.17) is 21.1 Å². The van der Waals surface area contributed by atoms with E-state index >= 15 is 0 Å². The van der Waals surface area contributed by atoms with Crippen molar-refractivity contribution >= 4 is 17.6 Å². The second-order valence-electron chi connectivity index (χ2n) is 5.20. The van der Waals surface area contributed by atoms with E-state index < -0.39 is 11.6 Å². The lowest BCUT2D eigenvalue weighted by Gasteiger charge is -2.44. The molecule has 1 fully saturated rings. The Morgan fingerprint density at radius 1 is 1.29 bits per heavy atom. The maximum Gasteiger partial charge on any atom is 0.335 e. The van der Waals surface area contributed by atoms with Gasteiger partial charge in [-0.15, -0.1) is 0 Å². The Hall–Kier alpha value is -1.85. The average Bonchev–Trinajstić information content (AvgIpc) is 2.82. The van der Waals surface area contributed by atoms with Gasteiger partial charge in [-0.2, -0.15) is 0 Å². The quantitative estimate of drug-likeness (QED) is 0.941. The molecule has 0 bridgehead atoms. The fraction of sp³-hybridized carbons (Fsp3) is 0.267. The first kappa shape index (κ1) is 14.1. The predicted molar refractivity (Wildman–Crippen MR) is 75.2 cm³/mol. The number of benzene rings is 1. The Kier molecular flexibility index (Phi) is 3.47. The summed E-state index contributed by atoms with van der Waals surface area (Å²) < 4.78 is 19.9. The highest BCUT2D eigenvalue weighted by Gasteiger charge is 2.45. The van der Waals surface area contributed by atoms with Crippen LogP contribution in [0.5, 0.6) is 0 Å².